The molecular formula is C30H37N5O2. The minimum absolute atomic E-state index is 0.0547. The highest BCUT2D eigenvalue weighted by atomic mass is 16.5. The standard InChI is InChI=1S/C30H37N5O2/c1-19(2)35-18-21(4)29-26(30(36)33-17-25-16-31-22(5)12-20(25)3)13-24(14-27(29)35)23-6-7-28(32-15-23)34-8-10-37-11-9-34/h6-7,13-15,18-19H,8-12,16-17H2,1-5H3,(H,33,36). The fourth-order valence-corrected chi connectivity index (χ4v) is 5.32. The van der Waals surface area contributed by atoms with Crippen molar-refractivity contribution in [3.8, 4) is 11.1 Å². The summed E-state index contributed by atoms with van der Waals surface area (Å²) in [7, 11) is 0. The zero-order valence-corrected chi connectivity index (χ0v) is 22.6. The first-order valence-electron chi connectivity index (χ1n) is 13.2. The smallest absolute Gasteiger partial charge is 0.252 e. The van der Waals surface area contributed by atoms with Gasteiger partial charge in [-0.15, -0.1) is 0 Å². The van der Waals surface area contributed by atoms with E-state index in [0.717, 1.165) is 71.8 Å². The van der Waals surface area contributed by atoms with Gasteiger partial charge in [0.1, 0.15) is 5.82 Å². The van der Waals surface area contributed by atoms with Gasteiger partial charge in [-0.1, -0.05) is 5.57 Å². The summed E-state index contributed by atoms with van der Waals surface area (Å²) in [4.78, 5) is 25.2. The average molecular weight is 500 g/mol. The van der Waals surface area contributed by atoms with Gasteiger partial charge < -0.3 is 19.5 Å². The Labute approximate surface area is 219 Å². The van der Waals surface area contributed by atoms with E-state index in [1.54, 1.807) is 0 Å². The van der Waals surface area contributed by atoms with Crippen LogP contribution in [-0.2, 0) is 4.74 Å². The van der Waals surface area contributed by atoms with Crippen molar-refractivity contribution in [1.82, 2.24) is 14.9 Å². The van der Waals surface area contributed by atoms with Gasteiger partial charge >= 0.3 is 0 Å². The molecule has 1 fully saturated rings. The average Bonchev–Trinajstić information content (AvgIpc) is 3.25. The third-order valence-corrected chi connectivity index (χ3v) is 7.47. The van der Waals surface area contributed by atoms with Crippen molar-refractivity contribution in [3.63, 3.8) is 0 Å². The molecular weight excluding hydrogens is 462 g/mol. The number of pyridine rings is 1. The zero-order chi connectivity index (χ0) is 26.1. The molecule has 2 aliphatic heterocycles. The number of nitrogens with zero attached hydrogens (tertiary/aromatic N) is 4. The number of allylic oxidation sites excluding steroid dienone is 1. The minimum Gasteiger partial charge on any atom is -0.378 e. The van der Waals surface area contributed by atoms with Gasteiger partial charge in [0, 0.05) is 72.2 Å². The first kappa shape index (κ1) is 25.2. The first-order valence-corrected chi connectivity index (χ1v) is 13.2. The molecule has 194 valence electrons. The summed E-state index contributed by atoms with van der Waals surface area (Å²) in [6.45, 7) is 15.0. The predicted molar refractivity (Wildman–Crippen MR) is 151 cm³/mol. The number of carbonyl (C=O) groups is 1. The molecule has 1 amide bonds. The number of amides is 1. The van der Waals surface area contributed by atoms with Gasteiger partial charge in [0.25, 0.3) is 5.91 Å². The van der Waals surface area contributed by atoms with E-state index in [9.17, 15) is 4.79 Å². The molecule has 2 aromatic heterocycles. The van der Waals surface area contributed by atoms with Crippen LogP contribution in [0.3, 0.4) is 0 Å². The van der Waals surface area contributed by atoms with E-state index in [1.807, 2.05) is 12.3 Å². The molecule has 2 aliphatic rings. The summed E-state index contributed by atoms with van der Waals surface area (Å²) in [5.74, 6) is 0.905. The van der Waals surface area contributed by atoms with Crippen LogP contribution in [-0.4, -0.2) is 60.6 Å². The SMILES string of the molecule is CC1=NCC(CNC(=O)c2cc(-c3ccc(N4CCOCC4)nc3)cc3c2c(C)cn3C(C)C)=C(C)C1. The van der Waals surface area contributed by atoms with E-state index in [4.69, 9.17) is 9.72 Å². The van der Waals surface area contributed by atoms with Crippen LogP contribution in [0.5, 0.6) is 0 Å². The van der Waals surface area contributed by atoms with Crippen LogP contribution in [0.4, 0.5) is 5.82 Å². The lowest BCUT2D eigenvalue weighted by Crippen LogP contribution is -2.36. The number of nitrogens with one attached hydrogen (secondary N) is 1. The zero-order valence-electron chi connectivity index (χ0n) is 22.6. The number of fused-ring (bicyclic) bond motifs is 1. The summed E-state index contributed by atoms with van der Waals surface area (Å²) < 4.78 is 7.73. The van der Waals surface area contributed by atoms with Crippen LogP contribution in [0.1, 0.15) is 56.1 Å². The van der Waals surface area contributed by atoms with E-state index >= 15 is 0 Å². The number of aliphatic imine (C=N–C) groups is 1. The van der Waals surface area contributed by atoms with Gasteiger partial charge in [-0.25, -0.2) is 4.98 Å². The maximum atomic E-state index is 13.6. The lowest BCUT2D eigenvalue weighted by Gasteiger charge is -2.27. The minimum atomic E-state index is -0.0547. The Morgan fingerprint density at radius 2 is 1.89 bits per heavy atom. The summed E-state index contributed by atoms with van der Waals surface area (Å²) in [6.07, 6.45) is 4.95. The number of hydrogen-bond acceptors (Lipinski definition) is 5. The van der Waals surface area contributed by atoms with Crippen LogP contribution in [0.15, 0.2) is 52.8 Å². The van der Waals surface area contributed by atoms with Crippen LogP contribution in [0.25, 0.3) is 22.0 Å². The van der Waals surface area contributed by atoms with Crippen LogP contribution in [0, 0.1) is 6.92 Å². The molecule has 0 saturated carbocycles. The fourth-order valence-electron chi connectivity index (χ4n) is 5.32. The molecule has 1 aromatic carbocycles. The molecule has 5 rings (SSSR count). The molecule has 0 bridgehead atoms. The van der Waals surface area contributed by atoms with E-state index in [2.05, 4.69) is 78.8 Å². The molecule has 1 saturated heterocycles. The van der Waals surface area contributed by atoms with Crippen molar-refractivity contribution in [2.24, 2.45) is 4.99 Å². The Morgan fingerprint density at radius 3 is 2.57 bits per heavy atom. The van der Waals surface area contributed by atoms with Gasteiger partial charge in [0.05, 0.1) is 19.8 Å². The number of hydrogen-bond donors (Lipinski definition) is 1. The molecule has 0 aliphatic carbocycles. The summed E-state index contributed by atoms with van der Waals surface area (Å²) in [5.41, 5.74) is 8.53. The molecule has 7 heteroatoms. The summed E-state index contributed by atoms with van der Waals surface area (Å²) in [6, 6.07) is 8.66. The predicted octanol–water partition coefficient (Wildman–Crippen LogP) is 5.34. The Morgan fingerprint density at radius 1 is 1.11 bits per heavy atom. The number of aromatic nitrogens is 2. The van der Waals surface area contributed by atoms with E-state index in [1.165, 1.54) is 11.1 Å². The normalized spacial score (nSPS) is 16.5. The van der Waals surface area contributed by atoms with Gasteiger partial charge in [-0.2, -0.15) is 0 Å². The number of anilines is 1. The van der Waals surface area contributed by atoms with Crippen molar-refractivity contribution in [1.29, 1.82) is 0 Å². The van der Waals surface area contributed by atoms with Gasteiger partial charge in [0.15, 0.2) is 0 Å². The summed E-state index contributed by atoms with van der Waals surface area (Å²) >= 11 is 0. The third-order valence-electron chi connectivity index (χ3n) is 7.47. The van der Waals surface area contributed by atoms with Crippen molar-refractivity contribution in [2.75, 3.05) is 44.3 Å². The number of aryl methyl sites for hydroxylation is 1. The highest BCUT2D eigenvalue weighted by molar-refractivity contribution is 6.09. The molecule has 0 unspecified atom stereocenters. The monoisotopic (exact) mass is 499 g/mol. The molecule has 3 aromatic rings. The van der Waals surface area contributed by atoms with Crippen LogP contribution >= 0.6 is 0 Å². The maximum Gasteiger partial charge on any atom is 0.252 e. The highest BCUT2D eigenvalue weighted by Crippen LogP contribution is 2.33. The second-order valence-electron chi connectivity index (χ2n) is 10.5. The molecule has 0 radical (unpaired) electrons. The van der Waals surface area contributed by atoms with Crippen LogP contribution < -0.4 is 10.2 Å². The Kier molecular flexibility index (Phi) is 7.15. The second-order valence-corrected chi connectivity index (χ2v) is 10.5. The highest BCUT2D eigenvalue weighted by Gasteiger charge is 2.20. The number of rotatable bonds is 6. The molecule has 1 N–H and O–H groups in total. The number of dihydropyridines is 1. The molecule has 0 atom stereocenters. The van der Waals surface area contributed by atoms with Crippen LogP contribution in [0.2, 0.25) is 0 Å². The number of carbonyl (C=O) groups excluding carboxylic acids is 1. The van der Waals surface area contributed by atoms with Crippen molar-refractivity contribution < 1.29 is 9.53 Å². The molecule has 7 nitrogen and oxygen atoms in total. The largest absolute Gasteiger partial charge is 0.378 e. The quantitative estimate of drug-likeness (QED) is 0.465. The molecule has 37 heavy (non-hydrogen) atoms. The topological polar surface area (TPSA) is 71.8 Å². The van der Waals surface area contributed by atoms with E-state index in [0.29, 0.717) is 18.7 Å². The number of morpholine rings is 1. The number of benzene rings is 1. The molecule has 0 spiro atoms. The molecule has 4 heterocycles. The van der Waals surface area contributed by atoms with Crippen molar-refractivity contribution >= 4 is 28.3 Å². The Balaban J connectivity index is 1.49. The van der Waals surface area contributed by atoms with Gasteiger partial charge in [0.2, 0.25) is 0 Å². The maximum absolute atomic E-state index is 13.6. The van der Waals surface area contributed by atoms with Crippen molar-refractivity contribution in [2.45, 2.75) is 47.1 Å². The Hall–Kier alpha value is -3.45. The first-order chi connectivity index (χ1) is 17.8. The third kappa shape index (κ3) is 5.18. The number of ether oxygens (including phenoxy) is 1. The van der Waals surface area contributed by atoms with Crippen molar-refractivity contribution in [3.05, 3.63) is 58.9 Å². The van der Waals surface area contributed by atoms with E-state index in [-0.39, 0.29) is 11.9 Å². The summed E-state index contributed by atoms with van der Waals surface area (Å²) in [5, 5.41) is 4.20. The fraction of sp³-hybridized carbons (Fsp3) is 0.433. The Bertz CT molecular complexity index is 1380. The lowest BCUT2D eigenvalue weighted by molar-refractivity contribution is 0.0958. The second kappa shape index (κ2) is 10.5. The van der Waals surface area contributed by atoms with Gasteiger partial charge in [-0.05, 0) is 75.6 Å². The lowest BCUT2D eigenvalue weighted by atomic mass is 9.98. The van der Waals surface area contributed by atoms with Gasteiger partial charge in [-0.3, -0.25) is 9.79 Å². The van der Waals surface area contributed by atoms with E-state index < -0.39 is 0 Å².